The molecular formula is C48H86NO9P. The van der Waals surface area contributed by atoms with Crippen LogP contribution in [0.25, 0.3) is 0 Å². The minimum atomic E-state index is -4.65. The molecule has 0 spiro atoms. The number of nitrogens with zero attached hydrogens (tertiary/aromatic N) is 1. The van der Waals surface area contributed by atoms with Gasteiger partial charge in [-0.2, -0.15) is 0 Å². The second kappa shape index (κ2) is 39.8. The van der Waals surface area contributed by atoms with Crippen LogP contribution in [0.5, 0.6) is 0 Å². The number of phosphoric ester groups is 1. The second-order valence-corrected chi connectivity index (χ2v) is 18.0. The highest BCUT2D eigenvalue weighted by atomic mass is 31.2. The normalized spacial score (nSPS) is 14.6. The highest BCUT2D eigenvalue weighted by Gasteiger charge is 2.21. The molecule has 10 nitrogen and oxygen atoms in total. The van der Waals surface area contributed by atoms with Gasteiger partial charge in [-0.3, -0.25) is 14.2 Å². The van der Waals surface area contributed by atoms with Gasteiger partial charge in [0, 0.05) is 12.8 Å². The molecule has 0 aliphatic carbocycles. The fraction of sp³-hybridized carbons (Fsp3) is 0.750. The second-order valence-electron chi connectivity index (χ2n) is 16.6. The van der Waals surface area contributed by atoms with E-state index in [4.69, 9.17) is 18.5 Å². The van der Waals surface area contributed by atoms with Gasteiger partial charge in [-0.15, -0.1) is 0 Å². The van der Waals surface area contributed by atoms with Gasteiger partial charge < -0.3 is 33.0 Å². The lowest BCUT2D eigenvalue weighted by Crippen LogP contribution is -2.37. The molecule has 0 saturated carbocycles. The quantitative estimate of drug-likeness (QED) is 0.0210. The number of quaternary nitrogens is 1. The van der Waals surface area contributed by atoms with Crippen LogP contribution in [-0.4, -0.2) is 81.2 Å². The first-order valence-corrected chi connectivity index (χ1v) is 24.5. The summed E-state index contributed by atoms with van der Waals surface area (Å²) in [5.74, 6) is -0.928. The first-order valence-electron chi connectivity index (χ1n) is 23.1. The third kappa shape index (κ3) is 43.6. The molecule has 11 heteroatoms. The summed E-state index contributed by atoms with van der Waals surface area (Å²) in [5.41, 5.74) is 0. The Morgan fingerprint density at radius 1 is 0.610 bits per heavy atom. The van der Waals surface area contributed by atoms with E-state index in [0.29, 0.717) is 36.7 Å². The van der Waals surface area contributed by atoms with Crippen molar-refractivity contribution in [1.29, 1.82) is 0 Å². The average Bonchev–Trinajstić information content (AvgIpc) is 3.18. The molecule has 59 heavy (non-hydrogen) atoms. The van der Waals surface area contributed by atoms with E-state index in [2.05, 4.69) is 62.5 Å². The number of carbonyl (C=O) groups is 2. The van der Waals surface area contributed by atoms with Crippen LogP contribution in [-0.2, 0) is 32.7 Å². The van der Waals surface area contributed by atoms with Crippen LogP contribution >= 0.6 is 7.82 Å². The minimum Gasteiger partial charge on any atom is -0.756 e. The maximum Gasteiger partial charge on any atom is 0.306 e. The van der Waals surface area contributed by atoms with Crippen molar-refractivity contribution in [3.63, 3.8) is 0 Å². The Kier molecular flexibility index (Phi) is 38.2. The molecule has 0 bridgehead atoms. The number of hydrogen-bond acceptors (Lipinski definition) is 9. The maximum atomic E-state index is 12.7. The molecular weight excluding hydrogens is 766 g/mol. The molecule has 0 radical (unpaired) electrons. The largest absolute Gasteiger partial charge is 0.756 e. The zero-order valence-electron chi connectivity index (χ0n) is 38.0. The number of esters is 2. The van der Waals surface area contributed by atoms with E-state index in [1.54, 1.807) is 0 Å². The van der Waals surface area contributed by atoms with Crippen molar-refractivity contribution in [2.75, 3.05) is 47.5 Å². The molecule has 0 aliphatic rings. The number of hydrogen-bond donors (Lipinski definition) is 1. The van der Waals surface area contributed by atoms with Gasteiger partial charge in [0.05, 0.1) is 33.9 Å². The molecule has 0 fully saturated rings. The molecule has 0 heterocycles. The molecule has 2 unspecified atom stereocenters. The highest BCUT2D eigenvalue weighted by molar-refractivity contribution is 7.45. The van der Waals surface area contributed by atoms with E-state index >= 15 is 0 Å². The van der Waals surface area contributed by atoms with Crippen LogP contribution in [0.15, 0.2) is 60.8 Å². The minimum absolute atomic E-state index is 0.0485. The molecule has 0 aromatic carbocycles. The van der Waals surface area contributed by atoms with Crippen molar-refractivity contribution >= 4 is 19.8 Å². The standard InChI is InChI=1S/C48H86NO9P/c1-6-8-9-10-11-12-13-14-15-16-17-20-24-27-30-33-36-40-48(52)58-46(44-57-59(53,54)56-42-41-49(3,4)5)43-55-47(51)39-35-32-29-26-23-21-18-19-22-25-28-31-34-38-45(50)37-7-2/h14-15,18,21-22,25-26,29,31,34,45-46,50H,6-13,16-17,19-20,23-24,27-28,30,32-33,35-44H2,1-5H3/b15-14-,21-18-,25-22-,29-26-,34-31-/t45?,46-/m1/s1. The van der Waals surface area contributed by atoms with Crippen LogP contribution in [0.4, 0.5) is 0 Å². The lowest BCUT2D eigenvalue weighted by atomic mass is 10.1. The third-order valence-corrected chi connectivity index (χ3v) is 10.5. The first kappa shape index (κ1) is 56.7. The Labute approximate surface area is 360 Å². The number of likely N-dealkylation sites (N-methyl/N-ethyl adjacent to an activating group) is 1. The van der Waals surface area contributed by atoms with Crippen molar-refractivity contribution in [2.24, 2.45) is 0 Å². The van der Waals surface area contributed by atoms with Crippen LogP contribution in [0.3, 0.4) is 0 Å². The zero-order chi connectivity index (χ0) is 43.7. The number of aliphatic hydroxyl groups excluding tert-OH is 1. The first-order chi connectivity index (χ1) is 28.4. The van der Waals surface area contributed by atoms with Crippen molar-refractivity contribution in [3.05, 3.63) is 60.8 Å². The fourth-order valence-electron chi connectivity index (χ4n) is 5.95. The van der Waals surface area contributed by atoms with Gasteiger partial charge in [-0.25, -0.2) is 0 Å². The Balaban J connectivity index is 4.45. The van der Waals surface area contributed by atoms with E-state index in [-0.39, 0.29) is 32.2 Å². The summed E-state index contributed by atoms with van der Waals surface area (Å²) in [4.78, 5) is 37.6. The lowest BCUT2D eigenvalue weighted by molar-refractivity contribution is -0.870. The number of rotatable bonds is 41. The van der Waals surface area contributed by atoms with Crippen molar-refractivity contribution in [1.82, 2.24) is 0 Å². The third-order valence-electron chi connectivity index (χ3n) is 9.57. The van der Waals surface area contributed by atoms with Crippen LogP contribution in [0.2, 0.25) is 0 Å². The molecule has 0 aliphatic heterocycles. The zero-order valence-corrected chi connectivity index (χ0v) is 38.9. The molecule has 0 rings (SSSR count). The molecule has 0 saturated heterocycles. The Morgan fingerprint density at radius 3 is 1.68 bits per heavy atom. The van der Waals surface area contributed by atoms with Crippen molar-refractivity contribution in [2.45, 2.75) is 187 Å². The van der Waals surface area contributed by atoms with Crippen molar-refractivity contribution < 1.29 is 47.2 Å². The van der Waals surface area contributed by atoms with E-state index in [0.717, 1.165) is 57.8 Å². The molecule has 342 valence electrons. The van der Waals surface area contributed by atoms with Crippen LogP contribution < -0.4 is 4.89 Å². The number of ether oxygens (including phenoxy) is 2. The van der Waals surface area contributed by atoms with Gasteiger partial charge in [0.15, 0.2) is 6.10 Å². The summed E-state index contributed by atoms with van der Waals surface area (Å²) in [6, 6.07) is 0. The van der Waals surface area contributed by atoms with E-state index in [1.807, 2.05) is 33.3 Å². The smallest absolute Gasteiger partial charge is 0.306 e. The summed E-state index contributed by atoms with van der Waals surface area (Å²) >= 11 is 0. The van der Waals surface area contributed by atoms with Crippen LogP contribution in [0.1, 0.15) is 174 Å². The molecule has 1 N–H and O–H groups in total. The number of carbonyl (C=O) groups excluding carboxylic acids is 2. The summed E-state index contributed by atoms with van der Waals surface area (Å²) in [6.45, 7) is 3.94. The van der Waals surface area contributed by atoms with Gasteiger partial charge in [-0.1, -0.05) is 145 Å². The molecule has 0 amide bonds. The van der Waals surface area contributed by atoms with E-state index in [1.165, 1.54) is 64.2 Å². The predicted octanol–water partition coefficient (Wildman–Crippen LogP) is 11.6. The number of phosphoric acid groups is 1. The van der Waals surface area contributed by atoms with Crippen LogP contribution in [0, 0.1) is 0 Å². The van der Waals surface area contributed by atoms with Gasteiger partial charge >= 0.3 is 11.9 Å². The predicted molar refractivity (Wildman–Crippen MR) is 242 cm³/mol. The fourth-order valence-corrected chi connectivity index (χ4v) is 6.68. The number of unbranched alkanes of at least 4 members (excludes halogenated alkanes) is 14. The average molecular weight is 852 g/mol. The van der Waals surface area contributed by atoms with Gasteiger partial charge in [-0.05, 0) is 77.0 Å². The van der Waals surface area contributed by atoms with Gasteiger partial charge in [0.25, 0.3) is 7.82 Å². The summed E-state index contributed by atoms with van der Waals surface area (Å²) in [7, 11) is 1.11. The Morgan fingerprint density at radius 2 is 1.10 bits per heavy atom. The Hall–Kier alpha value is -2.33. The highest BCUT2D eigenvalue weighted by Crippen LogP contribution is 2.38. The van der Waals surface area contributed by atoms with Crippen molar-refractivity contribution in [3.8, 4) is 0 Å². The Bertz CT molecular complexity index is 1210. The summed E-state index contributed by atoms with van der Waals surface area (Å²) in [6.07, 6.45) is 44.6. The molecule has 0 aromatic heterocycles. The number of allylic oxidation sites excluding steroid dienone is 9. The van der Waals surface area contributed by atoms with E-state index < -0.39 is 32.5 Å². The summed E-state index contributed by atoms with van der Waals surface area (Å²) in [5, 5.41) is 9.74. The maximum absolute atomic E-state index is 12.7. The summed E-state index contributed by atoms with van der Waals surface area (Å²) < 4.78 is 33.8. The lowest BCUT2D eigenvalue weighted by Gasteiger charge is -2.28. The molecule has 0 aromatic rings. The van der Waals surface area contributed by atoms with Gasteiger partial charge in [0.2, 0.25) is 0 Å². The topological polar surface area (TPSA) is 131 Å². The van der Waals surface area contributed by atoms with Gasteiger partial charge in [0.1, 0.15) is 19.8 Å². The number of aliphatic hydroxyl groups is 1. The molecule has 3 atom stereocenters. The monoisotopic (exact) mass is 852 g/mol. The van der Waals surface area contributed by atoms with E-state index in [9.17, 15) is 24.2 Å². The SMILES string of the molecule is CCCCCCCC/C=C\CCCCCCCCCC(=O)O[C@H](COC(=O)CCC/C=C\C/C=C\C/C=C\C/C=C\CC(O)CCC)COP(=O)([O-])OCC[N+](C)(C)C.